The Balaban J connectivity index is 1.50. The van der Waals surface area contributed by atoms with Gasteiger partial charge >= 0.3 is 0 Å². The van der Waals surface area contributed by atoms with Crippen molar-refractivity contribution < 1.29 is 14.0 Å². The lowest BCUT2D eigenvalue weighted by molar-refractivity contribution is -0.117. The lowest BCUT2D eigenvalue weighted by Gasteiger charge is -2.34. The number of rotatable bonds is 4. The molecule has 0 bridgehead atoms. The van der Waals surface area contributed by atoms with Gasteiger partial charge in [-0.2, -0.15) is 0 Å². The SMILES string of the molecule is Cc1cc(C(=O)N2CCN(CC(=O)Nc3ccc(Br)c(C)c3)CC2)c(C)o1. The lowest BCUT2D eigenvalue weighted by atomic mass is 10.2. The first-order valence-electron chi connectivity index (χ1n) is 8.98. The van der Waals surface area contributed by atoms with Crippen molar-refractivity contribution >= 4 is 33.4 Å². The molecule has 0 saturated carbocycles. The van der Waals surface area contributed by atoms with E-state index in [1.54, 1.807) is 6.07 Å². The Labute approximate surface area is 167 Å². The Morgan fingerprint density at radius 1 is 1.11 bits per heavy atom. The van der Waals surface area contributed by atoms with Crippen molar-refractivity contribution in [2.45, 2.75) is 20.8 Å². The number of benzene rings is 1. The van der Waals surface area contributed by atoms with Crippen LogP contribution in [0.4, 0.5) is 5.69 Å². The van der Waals surface area contributed by atoms with Crippen molar-refractivity contribution in [3.8, 4) is 0 Å². The third-order valence-corrected chi connectivity index (χ3v) is 5.63. The molecule has 7 heteroatoms. The summed E-state index contributed by atoms with van der Waals surface area (Å²) in [7, 11) is 0. The van der Waals surface area contributed by atoms with E-state index in [0.717, 1.165) is 21.5 Å². The molecule has 0 unspecified atom stereocenters. The molecule has 2 heterocycles. The Bertz CT molecular complexity index is 854. The van der Waals surface area contributed by atoms with Crippen LogP contribution in [0.2, 0.25) is 0 Å². The molecule has 1 fully saturated rings. The number of carbonyl (C=O) groups excluding carboxylic acids is 2. The molecule has 1 aromatic carbocycles. The van der Waals surface area contributed by atoms with Crippen LogP contribution in [-0.2, 0) is 4.79 Å². The minimum absolute atomic E-state index is 0.00112. The molecule has 1 saturated heterocycles. The number of hydrogen-bond donors (Lipinski definition) is 1. The molecular formula is C20H24BrN3O3. The summed E-state index contributed by atoms with van der Waals surface area (Å²) in [6.07, 6.45) is 0. The monoisotopic (exact) mass is 433 g/mol. The Morgan fingerprint density at radius 3 is 2.41 bits per heavy atom. The highest BCUT2D eigenvalue weighted by molar-refractivity contribution is 9.10. The lowest BCUT2D eigenvalue weighted by Crippen LogP contribution is -2.50. The summed E-state index contributed by atoms with van der Waals surface area (Å²) in [6.45, 7) is 8.52. The van der Waals surface area contributed by atoms with E-state index in [-0.39, 0.29) is 11.8 Å². The van der Waals surface area contributed by atoms with Crippen LogP contribution in [0.25, 0.3) is 0 Å². The van der Waals surface area contributed by atoms with Crippen molar-refractivity contribution in [1.82, 2.24) is 9.80 Å². The van der Waals surface area contributed by atoms with Gasteiger partial charge in [0.25, 0.3) is 5.91 Å². The summed E-state index contributed by atoms with van der Waals surface area (Å²) in [4.78, 5) is 28.8. The molecule has 2 aromatic rings. The molecule has 3 rings (SSSR count). The number of carbonyl (C=O) groups is 2. The molecule has 0 aliphatic carbocycles. The third-order valence-electron chi connectivity index (χ3n) is 4.74. The maximum absolute atomic E-state index is 12.6. The highest BCUT2D eigenvalue weighted by Gasteiger charge is 2.25. The van der Waals surface area contributed by atoms with Gasteiger partial charge in [0.05, 0.1) is 12.1 Å². The molecule has 1 aliphatic rings. The number of piperazine rings is 1. The van der Waals surface area contributed by atoms with Gasteiger partial charge in [0.15, 0.2) is 0 Å². The van der Waals surface area contributed by atoms with Crippen LogP contribution >= 0.6 is 15.9 Å². The number of nitrogens with one attached hydrogen (secondary N) is 1. The zero-order chi connectivity index (χ0) is 19.6. The Hall–Kier alpha value is -2.12. The van der Waals surface area contributed by atoms with Crippen molar-refractivity contribution in [2.24, 2.45) is 0 Å². The number of nitrogens with zero attached hydrogens (tertiary/aromatic N) is 2. The fourth-order valence-electron chi connectivity index (χ4n) is 3.25. The second-order valence-corrected chi connectivity index (χ2v) is 7.76. The van der Waals surface area contributed by atoms with E-state index in [1.807, 2.05) is 43.9 Å². The molecule has 0 atom stereocenters. The average Bonchev–Trinajstić information content (AvgIpc) is 2.96. The molecule has 27 heavy (non-hydrogen) atoms. The minimum atomic E-state index is -0.0437. The maximum atomic E-state index is 12.6. The fourth-order valence-corrected chi connectivity index (χ4v) is 3.50. The zero-order valence-electron chi connectivity index (χ0n) is 15.8. The van der Waals surface area contributed by atoms with Gasteiger partial charge in [0, 0.05) is 36.3 Å². The van der Waals surface area contributed by atoms with E-state index in [2.05, 4.69) is 26.1 Å². The van der Waals surface area contributed by atoms with E-state index in [0.29, 0.717) is 44.0 Å². The van der Waals surface area contributed by atoms with Gasteiger partial charge in [-0.1, -0.05) is 15.9 Å². The van der Waals surface area contributed by atoms with Crippen LogP contribution in [0.3, 0.4) is 0 Å². The first kappa shape index (κ1) is 19.6. The van der Waals surface area contributed by atoms with Gasteiger partial charge in [0.1, 0.15) is 11.5 Å². The summed E-state index contributed by atoms with van der Waals surface area (Å²) in [6, 6.07) is 7.53. The molecule has 1 aliphatic heterocycles. The molecule has 144 valence electrons. The summed E-state index contributed by atoms with van der Waals surface area (Å²) in [5.41, 5.74) is 2.49. The number of furan rings is 1. The van der Waals surface area contributed by atoms with E-state index < -0.39 is 0 Å². The van der Waals surface area contributed by atoms with Crippen LogP contribution in [0, 0.1) is 20.8 Å². The van der Waals surface area contributed by atoms with Crippen LogP contribution in [0.5, 0.6) is 0 Å². The van der Waals surface area contributed by atoms with Gasteiger partial charge in [-0.3, -0.25) is 14.5 Å². The van der Waals surface area contributed by atoms with Crippen LogP contribution in [0.1, 0.15) is 27.4 Å². The number of anilines is 1. The van der Waals surface area contributed by atoms with Gasteiger partial charge in [-0.15, -0.1) is 0 Å². The summed E-state index contributed by atoms with van der Waals surface area (Å²) >= 11 is 3.46. The second kappa shape index (κ2) is 8.27. The first-order valence-corrected chi connectivity index (χ1v) is 9.77. The number of amides is 2. The van der Waals surface area contributed by atoms with Crippen molar-refractivity contribution in [1.29, 1.82) is 0 Å². The standard InChI is InChI=1S/C20H24BrN3O3/c1-13-10-16(4-5-18(13)21)22-19(25)12-23-6-8-24(9-7-23)20(26)17-11-14(2)27-15(17)3/h4-5,10-11H,6-9,12H2,1-3H3,(H,22,25). The number of aryl methyl sites for hydroxylation is 3. The quantitative estimate of drug-likeness (QED) is 0.802. The van der Waals surface area contributed by atoms with Crippen molar-refractivity contribution in [3.63, 3.8) is 0 Å². The van der Waals surface area contributed by atoms with Gasteiger partial charge in [-0.25, -0.2) is 0 Å². The second-order valence-electron chi connectivity index (χ2n) is 6.91. The van der Waals surface area contributed by atoms with Gasteiger partial charge in [0.2, 0.25) is 5.91 Å². The molecule has 2 amide bonds. The number of halogens is 1. The van der Waals surface area contributed by atoms with Gasteiger partial charge < -0.3 is 14.6 Å². The zero-order valence-corrected chi connectivity index (χ0v) is 17.4. The fraction of sp³-hybridized carbons (Fsp3) is 0.400. The first-order chi connectivity index (χ1) is 12.8. The molecule has 1 N–H and O–H groups in total. The van der Waals surface area contributed by atoms with Crippen LogP contribution < -0.4 is 5.32 Å². The predicted molar refractivity (Wildman–Crippen MR) is 108 cm³/mol. The largest absolute Gasteiger partial charge is 0.466 e. The molecule has 1 aromatic heterocycles. The van der Waals surface area contributed by atoms with Crippen molar-refractivity contribution in [2.75, 3.05) is 38.0 Å². The highest BCUT2D eigenvalue weighted by atomic mass is 79.9. The average molecular weight is 434 g/mol. The topological polar surface area (TPSA) is 65.8 Å². The van der Waals surface area contributed by atoms with Crippen LogP contribution in [-0.4, -0.2) is 54.3 Å². The Morgan fingerprint density at radius 2 is 1.81 bits per heavy atom. The summed E-state index contributed by atoms with van der Waals surface area (Å²) < 4.78 is 6.48. The molecule has 0 radical (unpaired) electrons. The van der Waals surface area contributed by atoms with Crippen molar-refractivity contribution in [3.05, 3.63) is 51.4 Å². The van der Waals surface area contributed by atoms with Crippen LogP contribution in [0.15, 0.2) is 33.2 Å². The third kappa shape index (κ3) is 4.78. The Kier molecular flexibility index (Phi) is 6.01. The summed E-state index contributed by atoms with van der Waals surface area (Å²) in [5, 5.41) is 2.93. The predicted octanol–water partition coefficient (Wildman–Crippen LogP) is 3.36. The summed E-state index contributed by atoms with van der Waals surface area (Å²) in [5.74, 6) is 1.36. The molecule has 0 spiro atoms. The maximum Gasteiger partial charge on any atom is 0.257 e. The highest BCUT2D eigenvalue weighted by Crippen LogP contribution is 2.20. The smallest absolute Gasteiger partial charge is 0.257 e. The van der Waals surface area contributed by atoms with E-state index in [4.69, 9.17) is 4.42 Å². The minimum Gasteiger partial charge on any atom is -0.466 e. The molecular weight excluding hydrogens is 410 g/mol. The van der Waals surface area contributed by atoms with Gasteiger partial charge in [-0.05, 0) is 50.6 Å². The van der Waals surface area contributed by atoms with E-state index in [1.165, 1.54) is 0 Å². The van der Waals surface area contributed by atoms with E-state index in [9.17, 15) is 9.59 Å². The normalized spacial score (nSPS) is 15.0. The number of hydrogen-bond acceptors (Lipinski definition) is 4. The van der Waals surface area contributed by atoms with E-state index >= 15 is 0 Å². The molecule has 6 nitrogen and oxygen atoms in total.